The molecule has 0 saturated heterocycles. The van der Waals surface area contributed by atoms with Gasteiger partial charge in [0.1, 0.15) is 5.60 Å². The minimum atomic E-state index is -0.225. The fraction of sp³-hybridized carbons (Fsp3) is 0.714. The largest absolute Gasteiger partial charge is 0.367 e. The van der Waals surface area contributed by atoms with Crippen LogP contribution in [0.15, 0.2) is 12.3 Å². The zero-order valence-electron chi connectivity index (χ0n) is 11.4. The van der Waals surface area contributed by atoms with Crippen LogP contribution >= 0.6 is 0 Å². The third-order valence-electron chi connectivity index (χ3n) is 3.51. The van der Waals surface area contributed by atoms with Gasteiger partial charge in [0.2, 0.25) is 0 Å². The van der Waals surface area contributed by atoms with Crippen LogP contribution in [0.5, 0.6) is 0 Å². The smallest absolute Gasteiger partial charge is 0.160 e. The zero-order chi connectivity index (χ0) is 12.8. The Balaban J connectivity index is 2.19. The highest BCUT2D eigenvalue weighted by atomic mass is 16.5. The molecule has 1 heterocycles. The van der Waals surface area contributed by atoms with E-state index in [1.165, 1.54) is 12.8 Å². The third-order valence-corrected chi connectivity index (χ3v) is 3.51. The molecule has 1 fully saturated rings. The van der Waals surface area contributed by atoms with Gasteiger partial charge >= 0.3 is 0 Å². The van der Waals surface area contributed by atoms with Crippen molar-refractivity contribution in [3.8, 4) is 0 Å². The van der Waals surface area contributed by atoms with Crippen LogP contribution in [0, 0.1) is 0 Å². The van der Waals surface area contributed by atoms with E-state index >= 15 is 0 Å². The number of aromatic nitrogens is 2. The first-order chi connectivity index (χ1) is 8.80. The van der Waals surface area contributed by atoms with E-state index in [0.717, 1.165) is 44.1 Å². The lowest BCUT2D eigenvalue weighted by atomic mass is 10.0. The van der Waals surface area contributed by atoms with Gasteiger partial charge in [-0.15, -0.1) is 0 Å². The summed E-state index contributed by atoms with van der Waals surface area (Å²) < 4.78 is 5.99. The average molecular weight is 249 g/mol. The van der Waals surface area contributed by atoms with Gasteiger partial charge in [-0.1, -0.05) is 6.92 Å². The van der Waals surface area contributed by atoms with Crippen LogP contribution in [-0.4, -0.2) is 23.1 Å². The van der Waals surface area contributed by atoms with Crippen molar-refractivity contribution in [2.24, 2.45) is 0 Å². The number of hydrogen-bond acceptors (Lipinski definition) is 4. The van der Waals surface area contributed by atoms with Crippen LogP contribution in [0.4, 0.5) is 0 Å². The molecule has 1 N–H and O–H groups in total. The molecule has 4 heteroatoms. The van der Waals surface area contributed by atoms with Crippen molar-refractivity contribution in [3.63, 3.8) is 0 Å². The topological polar surface area (TPSA) is 47.0 Å². The summed E-state index contributed by atoms with van der Waals surface area (Å²) in [5, 5.41) is 3.30. The molecule has 0 aliphatic heterocycles. The number of ether oxygens (including phenoxy) is 1. The molecule has 1 aliphatic carbocycles. The predicted octanol–water partition coefficient (Wildman–Crippen LogP) is 2.39. The van der Waals surface area contributed by atoms with E-state index < -0.39 is 0 Å². The summed E-state index contributed by atoms with van der Waals surface area (Å²) in [5.74, 6) is 0.872. The van der Waals surface area contributed by atoms with E-state index in [2.05, 4.69) is 22.2 Å². The summed E-state index contributed by atoms with van der Waals surface area (Å²) in [7, 11) is 0. The van der Waals surface area contributed by atoms with Gasteiger partial charge in [-0.2, -0.15) is 0 Å². The lowest BCUT2D eigenvalue weighted by Gasteiger charge is -2.27. The van der Waals surface area contributed by atoms with Gasteiger partial charge in [-0.05, 0) is 45.2 Å². The Morgan fingerprint density at radius 1 is 1.33 bits per heavy atom. The molecule has 1 saturated carbocycles. The van der Waals surface area contributed by atoms with Gasteiger partial charge in [0, 0.05) is 19.3 Å². The van der Waals surface area contributed by atoms with Crippen LogP contribution < -0.4 is 5.32 Å². The maximum Gasteiger partial charge on any atom is 0.160 e. The van der Waals surface area contributed by atoms with Crippen LogP contribution in [-0.2, 0) is 16.9 Å². The first-order valence-corrected chi connectivity index (χ1v) is 6.98. The Hall–Kier alpha value is -1.00. The van der Waals surface area contributed by atoms with Crippen molar-refractivity contribution in [2.45, 2.75) is 51.7 Å². The first kappa shape index (κ1) is 13.4. The summed E-state index contributed by atoms with van der Waals surface area (Å²) in [5.41, 5.74) is 0.824. The molecule has 0 spiro atoms. The number of rotatable bonds is 6. The van der Waals surface area contributed by atoms with Crippen molar-refractivity contribution in [2.75, 3.05) is 13.2 Å². The summed E-state index contributed by atoms with van der Waals surface area (Å²) in [4.78, 5) is 9.14. The molecule has 0 aromatic carbocycles. The Morgan fingerprint density at radius 3 is 2.78 bits per heavy atom. The van der Waals surface area contributed by atoms with Crippen LogP contribution in [0.2, 0.25) is 0 Å². The summed E-state index contributed by atoms with van der Waals surface area (Å²) in [6.45, 7) is 6.62. The lowest BCUT2D eigenvalue weighted by molar-refractivity contribution is -0.0458. The highest BCUT2D eigenvalue weighted by Gasteiger charge is 2.39. The standard InChI is InChI=1S/C14H23N3O/c1-3-15-11-12-7-10-16-13(17-12)14(18-4-2)8-5-6-9-14/h7,10,15H,3-6,8-9,11H2,1-2H3. The molecule has 2 rings (SSSR count). The van der Waals surface area contributed by atoms with Crippen LogP contribution in [0.1, 0.15) is 51.0 Å². The molecular weight excluding hydrogens is 226 g/mol. The lowest BCUT2D eigenvalue weighted by Crippen LogP contribution is -2.29. The minimum absolute atomic E-state index is 0.225. The molecular formula is C14H23N3O. The maximum atomic E-state index is 5.99. The summed E-state index contributed by atoms with van der Waals surface area (Å²) >= 11 is 0. The molecule has 100 valence electrons. The zero-order valence-corrected chi connectivity index (χ0v) is 11.4. The molecule has 0 radical (unpaired) electrons. The van der Waals surface area contributed by atoms with Gasteiger partial charge in [-0.3, -0.25) is 0 Å². The average Bonchev–Trinajstić information content (AvgIpc) is 2.87. The van der Waals surface area contributed by atoms with Crippen LogP contribution in [0.3, 0.4) is 0 Å². The van der Waals surface area contributed by atoms with Gasteiger partial charge in [0.05, 0.1) is 5.69 Å². The fourth-order valence-corrected chi connectivity index (χ4v) is 2.62. The second-order valence-electron chi connectivity index (χ2n) is 4.79. The predicted molar refractivity (Wildman–Crippen MR) is 71.2 cm³/mol. The maximum absolute atomic E-state index is 5.99. The van der Waals surface area contributed by atoms with Gasteiger partial charge in [-0.25, -0.2) is 9.97 Å². The summed E-state index contributed by atoms with van der Waals surface area (Å²) in [6.07, 6.45) is 6.37. The van der Waals surface area contributed by atoms with E-state index in [1.807, 2.05) is 19.2 Å². The molecule has 0 atom stereocenters. The van der Waals surface area contributed by atoms with E-state index in [4.69, 9.17) is 4.74 Å². The Kier molecular flexibility index (Phi) is 4.66. The Morgan fingerprint density at radius 2 is 2.11 bits per heavy atom. The normalized spacial score (nSPS) is 18.1. The van der Waals surface area contributed by atoms with Gasteiger partial charge < -0.3 is 10.1 Å². The number of nitrogens with zero attached hydrogens (tertiary/aromatic N) is 2. The molecule has 1 aromatic rings. The SMILES string of the molecule is CCNCc1ccnc(C2(OCC)CCCC2)n1. The summed E-state index contributed by atoms with van der Waals surface area (Å²) in [6, 6.07) is 1.97. The number of hydrogen-bond donors (Lipinski definition) is 1. The molecule has 0 bridgehead atoms. The molecule has 4 nitrogen and oxygen atoms in total. The van der Waals surface area contributed by atoms with Crippen molar-refractivity contribution in [1.82, 2.24) is 15.3 Å². The Labute approximate surface area is 109 Å². The van der Waals surface area contributed by atoms with Crippen molar-refractivity contribution < 1.29 is 4.74 Å². The Bertz CT molecular complexity index is 375. The van der Waals surface area contributed by atoms with Crippen molar-refractivity contribution in [3.05, 3.63) is 23.8 Å². The van der Waals surface area contributed by atoms with E-state index in [-0.39, 0.29) is 5.60 Å². The highest BCUT2D eigenvalue weighted by Crippen LogP contribution is 2.40. The molecule has 1 aromatic heterocycles. The first-order valence-electron chi connectivity index (χ1n) is 6.98. The molecule has 0 unspecified atom stereocenters. The van der Waals surface area contributed by atoms with Gasteiger partial charge in [0.15, 0.2) is 5.82 Å². The second-order valence-corrected chi connectivity index (χ2v) is 4.79. The monoisotopic (exact) mass is 249 g/mol. The highest BCUT2D eigenvalue weighted by molar-refractivity contribution is 5.10. The van der Waals surface area contributed by atoms with Crippen molar-refractivity contribution >= 4 is 0 Å². The second kappa shape index (κ2) is 6.25. The van der Waals surface area contributed by atoms with Gasteiger partial charge in [0.25, 0.3) is 0 Å². The molecule has 1 aliphatic rings. The quantitative estimate of drug-likeness (QED) is 0.841. The van der Waals surface area contributed by atoms with E-state index in [1.54, 1.807) is 0 Å². The van der Waals surface area contributed by atoms with E-state index in [0.29, 0.717) is 0 Å². The van der Waals surface area contributed by atoms with Crippen molar-refractivity contribution in [1.29, 1.82) is 0 Å². The van der Waals surface area contributed by atoms with E-state index in [9.17, 15) is 0 Å². The van der Waals surface area contributed by atoms with Crippen LogP contribution in [0.25, 0.3) is 0 Å². The molecule has 18 heavy (non-hydrogen) atoms. The minimum Gasteiger partial charge on any atom is -0.367 e. The third kappa shape index (κ3) is 2.87. The number of nitrogens with one attached hydrogen (secondary N) is 1. The fourth-order valence-electron chi connectivity index (χ4n) is 2.62. The molecule has 0 amide bonds.